The maximum absolute atomic E-state index is 12.8. The highest BCUT2D eigenvalue weighted by Crippen LogP contribution is 2.42. The number of hydrogen-bond acceptors (Lipinski definition) is 12. The van der Waals surface area contributed by atoms with Crippen molar-refractivity contribution in [2.24, 2.45) is 0 Å². The van der Waals surface area contributed by atoms with Gasteiger partial charge in [0.25, 0.3) is 23.2 Å². The van der Waals surface area contributed by atoms with Crippen LogP contribution >= 0.6 is 34.9 Å². The number of carbonyl (C=O) groups excluding carboxylic acids is 2. The predicted octanol–water partition coefficient (Wildman–Crippen LogP) is 1.81. The second kappa shape index (κ2) is 9.59. The number of nitro benzene ring substituents is 2. The third-order valence-corrected chi connectivity index (χ3v) is 8.40. The van der Waals surface area contributed by atoms with Crippen LogP contribution in [-0.4, -0.2) is 70.8 Å². The fourth-order valence-corrected chi connectivity index (χ4v) is 6.74. The van der Waals surface area contributed by atoms with E-state index >= 15 is 0 Å². The SMILES string of the molecule is Cc1nnc(SCC2=C(C(=O)O)N3C(=O)[C@H](NC(=O)c4cc([N+](=O)[O-])cc([N+](=O)[O-])c4)[C@H]3SC2)s1. The van der Waals surface area contributed by atoms with Crippen molar-refractivity contribution in [3.63, 3.8) is 0 Å². The normalized spacial score (nSPS) is 19.1. The predicted molar refractivity (Wildman–Crippen MR) is 124 cm³/mol. The third-order valence-electron chi connectivity index (χ3n) is 5.00. The zero-order valence-corrected chi connectivity index (χ0v) is 20.0. The Kier molecular flexibility index (Phi) is 6.73. The first-order valence-corrected chi connectivity index (χ1v) is 12.5. The molecule has 182 valence electrons. The Balaban J connectivity index is 1.51. The molecule has 1 fully saturated rings. The van der Waals surface area contributed by atoms with Gasteiger partial charge in [0.05, 0.1) is 21.5 Å². The van der Waals surface area contributed by atoms with Crippen molar-refractivity contribution in [2.45, 2.75) is 22.7 Å². The number of aryl methyl sites for hydroxylation is 1. The number of aliphatic carboxylic acids is 1. The smallest absolute Gasteiger partial charge is 0.352 e. The van der Waals surface area contributed by atoms with Gasteiger partial charge in [-0.15, -0.1) is 22.0 Å². The Labute approximate surface area is 208 Å². The Morgan fingerprint density at radius 1 is 1.23 bits per heavy atom. The summed E-state index contributed by atoms with van der Waals surface area (Å²) in [5.41, 5.74) is -1.31. The van der Waals surface area contributed by atoms with Gasteiger partial charge in [0.1, 0.15) is 22.1 Å². The summed E-state index contributed by atoms with van der Waals surface area (Å²) in [4.78, 5) is 58.9. The Morgan fingerprint density at radius 2 is 1.89 bits per heavy atom. The number of carboxylic acids is 1. The number of nitrogens with one attached hydrogen (secondary N) is 1. The summed E-state index contributed by atoms with van der Waals surface area (Å²) in [7, 11) is 0. The number of fused-ring (bicyclic) bond motifs is 1. The van der Waals surface area contributed by atoms with E-state index in [-0.39, 0.29) is 22.8 Å². The molecule has 2 aliphatic rings. The highest BCUT2D eigenvalue weighted by molar-refractivity contribution is 8.01. The fourth-order valence-electron chi connectivity index (χ4n) is 3.44. The number of rotatable bonds is 8. The number of nitrogens with zero attached hydrogens (tertiary/aromatic N) is 5. The summed E-state index contributed by atoms with van der Waals surface area (Å²) in [6.45, 7) is 1.80. The van der Waals surface area contributed by atoms with Crippen molar-refractivity contribution in [1.29, 1.82) is 0 Å². The molecule has 2 amide bonds. The molecule has 0 saturated carbocycles. The van der Waals surface area contributed by atoms with E-state index in [0.717, 1.165) is 28.1 Å². The van der Waals surface area contributed by atoms with E-state index in [4.69, 9.17) is 0 Å². The molecular weight excluding hydrogens is 524 g/mol. The summed E-state index contributed by atoms with van der Waals surface area (Å²) in [6.07, 6.45) is 0. The van der Waals surface area contributed by atoms with E-state index in [9.17, 15) is 39.7 Å². The molecule has 1 aromatic carbocycles. The molecule has 17 heteroatoms. The van der Waals surface area contributed by atoms with Crippen molar-refractivity contribution in [1.82, 2.24) is 20.4 Å². The third kappa shape index (κ3) is 4.82. The summed E-state index contributed by atoms with van der Waals surface area (Å²) in [5.74, 6) is -2.30. The summed E-state index contributed by atoms with van der Waals surface area (Å²) >= 11 is 3.92. The largest absolute Gasteiger partial charge is 0.477 e. The Bertz CT molecular complexity index is 1280. The van der Waals surface area contributed by atoms with Crippen LogP contribution in [0.25, 0.3) is 0 Å². The molecule has 3 heterocycles. The molecule has 2 atom stereocenters. The van der Waals surface area contributed by atoms with Gasteiger partial charge in [0, 0.05) is 23.6 Å². The van der Waals surface area contributed by atoms with Crippen LogP contribution in [0.1, 0.15) is 15.4 Å². The number of aromatic nitrogens is 2. The molecule has 1 saturated heterocycles. The molecule has 2 N–H and O–H groups in total. The van der Waals surface area contributed by atoms with Crippen LogP contribution in [0.4, 0.5) is 11.4 Å². The molecule has 14 nitrogen and oxygen atoms in total. The number of hydrogen-bond donors (Lipinski definition) is 2. The lowest BCUT2D eigenvalue weighted by atomic mass is 10.0. The monoisotopic (exact) mass is 538 g/mol. The van der Waals surface area contributed by atoms with Gasteiger partial charge in [0.15, 0.2) is 4.34 Å². The van der Waals surface area contributed by atoms with Crippen LogP contribution in [0.2, 0.25) is 0 Å². The molecule has 35 heavy (non-hydrogen) atoms. The molecule has 0 bridgehead atoms. The molecule has 2 aliphatic heterocycles. The molecule has 1 aromatic heterocycles. The standard InChI is InChI=1S/C18H14N6O8S3/c1-7-20-21-18(35-7)34-6-9-5-33-16-12(15(26)22(16)13(9)17(27)28)19-14(25)8-2-10(23(29)30)4-11(3-8)24(31)32/h2-4,12,16H,5-6H2,1H3,(H,19,25)(H,27,28)/t12-,16+/m0/s1. The van der Waals surface area contributed by atoms with Gasteiger partial charge in [-0.3, -0.25) is 34.7 Å². The van der Waals surface area contributed by atoms with E-state index in [0.29, 0.717) is 9.91 Å². The van der Waals surface area contributed by atoms with Gasteiger partial charge in [-0.1, -0.05) is 23.1 Å². The average Bonchev–Trinajstić information content (AvgIpc) is 3.24. The number of carboxylic acid groups (broad SMARTS) is 1. The van der Waals surface area contributed by atoms with Gasteiger partial charge in [-0.05, 0) is 12.5 Å². The average molecular weight is 539 g/mol. The number of thioether (sulfide) groups is 2. The topological polar surface area (TPSA) is 199 Å². The number of amides is 2. The van der Waals surface area contributed by atoms with Crippen LogP contribution < -0.4 is 5.32 Å². The van der Waals surface area contributed by atoms with Crippen LogP contribution in [-0.2, 0) is 9.59 Å². The minimum Gasteiger partial charge on any atom is -0.477 e. The first kappa shape index (κ1) is 24.6. The molecule has 0 radical (unpaired) electrons. The van der Waals surface area contributed by atoms with E-state index in [1.165, 1.54) is 34.9 Å². The van der Waals surface area contributed by atoms with E-state index in [1.807, 2.05) is 0 Å². The molecule has 4 rings (SSSR count). The van der Waals surface area contributed by atoms with E-state index in [1.54, 1.807) is 6.92 Å². The molecular formula is C18H14N6O8S3. The van der Waals surface area contributed by atoms with Crippen molar-refractivity contribution < 1.29 is 29.3 Å². The molecule has 0 aliphatic carbocycles. The minimum absolute atomic E-state index is 0.163. The van der Waals surface area contributed by atoms with Gasteiger partial charge >= 0.3 is 5.97 Å². The fraction of sp³-hybridized carbons (Fsp3) is 0.278. The maximum atomic E-state index is 12.8. The van der Waals surface area contributed by atoms with Gasteiger partial charge < -0.3 is 10.4 Å². The maximum Gasteiger partial charge on any atom is 0.352 e. The van der Waals surface area contributed by atoms with E-state index in [2.05, 4.69) is 15.5 Å². The second-order valence-corrected chi connectivity index (χ2v) is 10.8. The van der Waals surface area contributed by atoms with Crippen molar-refractivity contribution in [3.8, 4) is 0 Å². The summed E-state index contributed by atoms with van der Waals surface area (Å²) < 4.78 is 0.665. The quantitative estimate of drug-likeness (QED) is 0.214. The number of carbonyl (C=O) groups is 3. The van der Waals surface area contributed by atoms with Crippen LogP contribution in [0.3, 0.4) is 0 Å². The molecule has 0 spiro atoms. The van der Waals surface area contributed by atoms with Crippen LogP contribution in [0, 0.1) is 27.2 Å². The number of non-ortho nitro benzene ring substituents is 2. The summed E-state index contributed by atoms with van der Waals surface area (Å²) in [5, 5.41) is 42.3. The summed E-state index contributed by atoms with van der Waals surface area (Å²) in [6, 6.07) is 1.35. The highest BCUT2D eigenvalue weighted by Gasteiger charge is 2.54. The zero-order chi connectivity index (χ0) is 25.4. The number of nitro groups is 2. The van der Waals surface area contributed by atoms with Gasteiger partial charge in [-0.2, -0.15) is 0 Å². The van der Waals surface area contributed by atoms with Gasteiger partial charge in [-0.25, -0.2) is 4.79 Å². The second-order valence-electron chi connectivity index (χ2n) is 7.25. The molecule has 2 aromatic rings. The lowest BCUT2D eigenvalue weighted by molar-refractivity contribution is -0.394. The Hall–Kier alpha value is -3.57. The van der Waals surface area contributed by atoms with Gasteiger partial charge in [0.2, 0.25) is 0 Å². The number of β-lactam (4-membered cyclic amide) rings is 1. The van der Waals surface area contributed by atoms with Crippen molar-refractivity contribution in [3.05, 3.63) is 60.3 Å². The minimum atomic E-state index is -1.29. The van der Waals surface area contributed by atoms with Crippen molar-refractivity contribution >= 4 is 64.0 Å². The highest BCUT2D eigenvalue weighted by atomic mass is 32.2. The lowest BCUT2D eigenvalue weighted by Crippen LogP contribution is -2.70. The zero-order valence-electron chi connectivity index (χ0n) is 17.6. The molecule has 0 unspecified atom stereocenters. The Morgan fingerprint density at radius 3 is 2.43 bits per heavy atom. The first-order chi connectivity index (χ1) is 16.6. The van der Waals surface area contributed by atoms with E-state index < -0.39 is 50.4 Å². The van der Waals surface area contributed by atoms with Crippen LogP contribution in [0.5, 0.6) is 0 Å². The lowest BCUT2D eigenvalue weighted by Gasteiger charge is -2.49. The number of benzene rings is 1. The van der Waals surface area contributed by atoms with Crippen LogP contribution in [0.15, 0.2) is 33.8 Å². The van der Waals surface area contributed by atoms with Crippen molar-refractivity contribution in [2.75, 3.05) is 11.5 Å². The first-order valence-electron chi connectivity index (χ1n) is 9.64.